The van der Waals surface area contributed by atoms with Crippen LogP contribution in [0.5, 0.6) is 0 Å². The van der Waals surface area contributed by atoms with Gasteiger partial charge in [-0.1, -0.05) is 0 Å². The van der Waals surface area contributed by atoms with E-state index in [1.807, 2.05) is 0 Å². The standard InChI is InChI=1S/C4H6O3/c5-3-1-2-4(6)7-3/h1,4-6H,2H2. The van der Waals surface area contributed by atoms with Crippen LogP contribution in [0.25, 0.3) is 0 Å². The van der Waals surface area contributed by atoms with Crippen LogP contribution in [0.1, 0.15) is 6.42 Å². The average molecular weight is 102 g/mol. The summed E-state index contributed by atoms with van der Waals surface area (Å²) in [6.45, 7) is 0. The lowest BCUT2D eigenvalue weighted by atomic mass is 10.4. The van der Waals surface area contributed by atoms with E-state index in [-0.39, 0.29) is 5.95 Å². The molecule has 1 aliphatic rings. The minimum atomic E-state index is -0.819. The first kappa shape index (κ1) is 4.46. The number of ether oxygens (including phenoxy) is 1. The molecule has 0 aromatic rings. The second kappa shape index (κ2) is 1.42. The quantitative estimate of drug-likeness (QED) is 0.457. The number of rotatable bonds is 0. The highest BCUT2D eigenvalue weighted by atomic mass is 16.7. The van der Waals surface area contributed by atoms with Crippen LogP contribution < -0.4 is 0 Å². The van der Waals surface area contributed by atoms with E-state index in [4.69, 9.17) is 10.2 Å². The molecule has 1 rings (SSSR count). The van der Waals surface area contributed by atoms with Crippen molar-refractivity contribution in [3.63, 3.8) is 0 Å². The maximum Gasteiger partial charge on any atom is 0.274 e. The molecule has 0 spiro atoms. The molecule has 1 aliphatic heterocycles. The van der Waals surface area contributed by atoms with Crippen molar-refractivity contribution in [3.8, 4) is 0 Å². The third kappa shape index (κ3) is 0.838. The van der Waals surface area contributed by atoms with Crippen LogP contribution in [0.3, 0.4) is 0 Å². The van der Waals surface area contributed by atoms with Crippen LogP contribution in [-0.4, -0.2) is 16.5 Å². The fourth-order valence-corrected chi connectivity index (χ4v) is 0.437. The summed E-state index contributed by atoms with van der Waals surface area (Å²) in [4.78, 5) is 0. The van der Waals surface area contributed by atoms with Crippen molar-refractivity contribution >= 4 is 0 Å². The third-order valence-electron chi connectivity index (χ3n) is 0.751. The highest BCUT2D eigenvalue weighted by Gasteiger charge is 2.11. The predicted octanol–water partition coefficient (Wildman–Crippen LogP) is 0.124. The lowest BCUT2D eigenvalue weighted by molar-refractivity contribution is -0.0773. The van der Waals surface area contributed by atoms with E-state index in [1.54, 1.807) is 0 Å². The Bertz CT molecular complexity index is 97.1. The van der Waals surface area contributed by atoms with Gasteiger partial charge in [0.2, 0.25) is 6.29 Å². The second-order valence-corrected chi connectivity index (χ2v) is 1.35. The van der Waals surface area contributed by atoms with E-state index in [9.17, 15) is 0 Å². The van der Waals surface area contributed by atoms with Crippen LogP contribution in [0, 0.1) is 0 Å². The molecule has 3 heteroatoms. The Morgan fingerprint density at radius 2 is 2.57 bits per heavy atom. The van der Waals surface area contributed by atoms with Gasteiger partial charge >= 0.3 is 0 Å². The van der Waals surface area contributed by atoms with Gasteiger partial charge in [-0.05, 0) is 0 Å². The summed E-state index contributed by atoms with van der Waals surface area (Å²) in [5, 5.41) is 16.8. The molecule has 1 atom stereocenters. The summed E-state index contributed by atoms with van der Waals surface area (Å²) in [7, 11) is 0. The summed E-state index contributed by atoms with van der Waals surface area (Å²) < 4.78 is 4.33. The van der Waals surface area contributed by atoms with Crippen molar-refractivity contribution in [2.24, 2.45) is 0 Å². The molecule has 0 aliphatic carbocycles. The van der Waals surface area contributed by atoms with Gasteiger partial charge in [0.05, 0.1) is 0 Å². The minimum absolute atomic E-state index is 0.174. The van der Waals surface area contributed by atoms with Crippen molar-refractivity contribution in [1.29, 1.82) is 0 Å². The lowest BCUT2D eigenvalue weighted by Gasteiger charge is -1.99. The average Bonchev–Trinajstić information content (AvgIpc) is 1.87. The topological polar surface area (TPSA) is 49.7 Å². The van der Waals surface area contributed by atoms with Gasteiger partial charge in [-0.2, -0.15) is 0 Å². The Labute approximate surface area is 40.8 Å². The first-order valence-electron chi connectivity index (χ1n) is 2.03. The summed E-state index contributed by atoms with van der Waals surface area (Å²) in [6, 6.07) is 0. The third-order valence-corrected chi connectivity index (χ3v) is 0.751. The number of hydrogen-bond donors (Lipinski definition) is 2. The van der Waals surface area contributed by atoms with Gasteiger partial charge in [0.25, 0.3) is 5.95 Å². The van der Waals surface area contributed by atoms with Crippen molar-refractivity contribution in [1.82, 2.24) is 0 Å². The molecule has 0 amide bonds. The number of aliphatic hydroxyl groups excluding tert-OH is 2. The largest absolute Gasteiger partial charge is 0.481 e. The highest BCUT2D eigenvalue weighted by molar-refractivity contribution is 4.88. The summed E-state index contributed by atoms with van der Waals surface area (Å²) in [6.07, 6.45) is 0.997. The Kier molecular flexibility index (Phi) is 0.906. The fourth-order valence-electron chi connectivity index (χ4n) is 0.437. The molecule has 7 heavy (non-hydrogen) atoms. The molecule has 0 saturated carbocycles. The zero-order valence-electron chi connectivity index (χ0n) is 3.66. The number of hydrogen-bond acceptors (Lipinski definition) is 3. The molecule has 40 valence electrons. The van der Waals surface area contributed by atoms with Gasteiger partial charge < -0.3 is 14.9 Å². The zero-order valence-corrected chi connectivity index (χ0v) is 3.66. The van der Waals surface area contributed by atoms with Crippen LogP contribution in [0.15, 0.2) is 12.0 Å². The van der Waals surface area contributed by atoms with E-state index < -0.39 is 6.29 Å². The lowest BCUT2D eigenvalue weighted by Crippen LogP contribution is -2.02. The van der Waals surface area contributed by atoms with Crippen molar-refractivity contribution in [2.75, 3.05) is 0 Å². The Morgan fingerprint density at radius 1 is 1.86 bits per heavy atom. The molecule has 0 radical (unpaired) electrons. The van der Waals surface area contributed by atoms with Crippen LogP contribution in [-0.2, 0) is 4.74 Å². The molecule has 1 unspecified atom stereocenters. The molecule has 0 fully saturated rings. The molecule has 3 nitrogen and oxygen atoms in total. The summed E-state index contributed by atoms with van der Waals surface area (Å²) in [5.41, 5.74) is 0. The van der Waals surface area contributed by atoms with Crippen LogP contribution in [0.4, 0.5) is 0 Å². The van der Waals surface area contributed by atoms with Crippen molar-refractivity contribution < 1.29 is 14.9 Å². The van der Waals surface area contributed by atoms with Gasteiger partial charge in [-0.15, -0.1) is 0 Å². The van der Waals surface area contributed by atoms with Gasteiger partial charge in [-0.25, -0.2) is 0 Å². The van der Waals surface area contributed by atoms with Crippen molar-refractivity contribution in [3.05, 3.63) is 12.0 Å². The van der Waals surface area contributed by atoms with Gasteiger partial charge in [0.15, 0.2) is 0 Å². The maximum atomic E-state index is 8.47. The van der Waals surface area contributed by atoms with Gasteiger partial charge in [-0.3, -0.25) is 0 Å². The normalized spacial score (nSPS) is 29.3. The predicted molar refractivity (Wildman–Crippen MR) is 22.4 cm³/mol. The zero-order chi connectivity index (χ0) is 5.28. The molecule has 0 aromatic carbocycles. The van der Waals surface area contributed by atoms with Gasteiger partial charge in [0, 0.05) is 12.5 Å². The summed E-state index contributed by atoms with van der Waals surface area (Å²) in [5.74, 6) is -0.174. The maximum absolute atomic E-state index is 8.47. The monoisotopic (exact) mass is 102 g/mol. The highest BCUT2D eigenvalue weighted by Crippen LogP contribution is 2.10. The van der Waals surface area contributed by atoms with Crippen molar-refractivity contribution in [2.45, 2.75) is 12.7 Å². The SMILES string of the molecule is OC1=CCC(O)O1. The molecule has 1 heterocycles. The molecule has 0 aromatic heterocycles. The summed E-state index contributed by atoms with van der Waals surface area (Å²) >= 11 is 0. The second-order valence-electron chi connectivity index (χ2n) is 1.35. The van der Waals surface area contributed by atoms with E-state index >= 15 is 0 Å². The Balaban J connectivity index is 2.42. The van der Waals surface area contributed by atoms with E-state index in [0.29, 0.717) is 6.42 Å². The smallest absolute Gasteiger partial charge is 0.274 e. The molecular weight excluding hydrogens is 96.0 g/mol. The minimum Gasteiger partial charge on any atom is -0.481 e. The Hall–Kier alpha value is -0.700. The first-order valence-corrected chi connectivity index (χ1v) is 2.03. The van der Waals surface area contributed by atoms with E-state index in [2.05, 4.69) is 4.74 Å². The van der Waals surface area contributed by atoms with E-state index in [0.717, 1.165) is 0 Å². The number of aliphatic hydroxyl groups is 2. The van der Waals surface area contributed by atoms with Gasteiger partial charge in [0.1, 0.15) is 0 Å². The molecule has 0 bridgehead atoms. The van der Waals surface area contributed by atoms with E-state index in [1.165, 1.54) is 6.08 Å². The molecule has 0 saturated heterocycles. The molecule has 2 N–H and O–H groups in total. The first-order chi connectivity index (χ1) is 3.29. The Morgan fingerprint density at radius 3 is 2.71 bits per heavy atom. The van der Waals surface area contributed by atoms with Crippen LogP contribution in [0.2, 0.25) is 0 Å². The van der Waals surface area contributed by atoms with Crippen LogP contribution >= 0.6 is 0 Å². The molecular formula is C4H6O3. The fraction of sp³-hybridized carbons (Fsp3) is 0.500.